The fourth-order valence-corrected chi connectivity index (χ4v) is 3.54. The average molecular weight is 312 g/mol. The standard InChI is InChI=1S/C15H18ClNO2S/c1-15(2,3)17(9-13(18)19)8-12-14(16)10-6-4-5-7-11(10)20-12/h4-7H,8-9H2,1-3H3,(H,18,19). The molecular weight excluding hydrogens is 294 g/mol. The van der Waals surface area contributed by atoms with E-state index in [1.54, 1.807) is 11.3 Å². The van der Waals surface area contributed by atoms with E-state index in [0.29, 0.717) is 6.54 Å². The van der Waals surface area contributed by atoms with E-state index in [0.717, 1.165) is 20.0 Å². The van der Waals surface area contributed by atoms with Gasteiger partial charge in [-0.15, -0.1) is 11.3 Å². The zero-order chi connectivity index (χ0) is 14.9. The van der Waals surface area contributed by atoms with E-state index >= 15 is 0 Å². The summed E-state index contributed by atoms with van der Waals surface area (Å²) in [7, 11) is 0. The highest BCUT2D eigenvalue weighted by Crippen LogP contribution is 2.36. The summed E-state index contributed by atoms with van der Waals surface area (Å²) in [5.41, 5.74) is -0.224. The van der Waals surface area contributed by atoms with Crippen molar-refractivity contribution in [3.63, 3.8) is 0 Å². The van der Waals surface area contributed by atoms with Gasteiger partial charge in [0.15, 0.2) is 0 Å². The van der Waals surface area contributed by atoms with Crippen LogP contribution in [0.1, 0.15) is 25.6 Å². The van der Waals surface area contributed by atoms with Crippen molar-refractivity contribution in [2.45, 2.75) is 32.9 Å². The van der Waals surface area contributed by atoms with E-state index in [4.69, 9.17) is 16.7 Å². The molecule has 1 aromatic carbocycles. The molecular formula is C15H18ClNO2S. The van der Waals surface area contributed by atoms with E-state index in [1.165, 1.54) is 0 Å². The number of thiophene rings is 1. The second-order valence-corrected chi connectivity index (χ2v) is 7.27. The Balaban J connectivity index is 2.33. The molecule has 0 saturated heterocycles. The summed E-state index contributed by atoms with van der Waals surface area (Å²) in [5, 5.41) is 10.8. The third kappa shape index (κ3) is 3.32. The first-order valence-electron chi connectivity index (χ1n) is 6.42. The fraction of sp³-hybridized carbons (Fsp3) is 0.400. The first kappa shape index (κ1) is 15.3. The molecule has 0 bridgehead atoms. The number of fused-ring (bicyclic) bond motifs is 1. The number of carboxylic acids is 1. The maximum absolute atomic E-state index is 11.0. The van der Waals surface area contributed by atoms with Gasteiger partial charge in [-0.2, -0.15) is 0 Å². The minimum absolute atomic E-state index is 0.00801. The van der Waals surface area contributed by atoms with Gasteiger partial charge in [0.2, 0.25) is 0 Å². The molecule has 5 heteroatoms. The van der Waals surface area contributed by atoms with E-state index < -0.39 is 5.97 Å². The largest absolute Gasteiger partial charge is 0.480 e. The molecule has 1 N–H and O–H groups in total. The molecule has 1 aromatic heterocycles. The Bertz CT molecular complexity index is 630. The molecule has 0 aliphatic heterocycles. The van der Waals surface area contributed by atoms with Gasteiger partial charge in [0.05, 0.1) is 11.6 Å². The summed E-state index contributed by atoms with van der Waals surface area (Å²) in [4.78, 5) is 14.0. The van der Waals surface area contributed by atoms with Crippen LogP contribution in [-0.2, 0) is 11.3 Å². The number of halogens is 1. The molecule has 0 radical (unpaired) electrons. The van der Waals surface area contributed by atoms with Gasteiger partial charge >= 0.3 is 5.97 Å². The minimum Gasteiger partial charge on any atom is -0.480 e. The Labute approximate surface area is 127 Å². The number of hydrogen-bond acceptors (Lipinski definition) is 3. The van der Waals surface area contributed by atoms with Crippen LogP contribution in [0.5, 0.6) is 0 Å². The normalized spacial score (nSPS) is 12.2. The zero-order valence-electron chi connectivity index (χ0n) is 11.8. The third-order valence-electron chi connectivity index (χ3n) is 3.21. The molecule has 1 heterocycles. The molecule has 0 saturated carbocycles. The van der Waals surface area contributed by atoms with Crippen molar-refractivity contribution in [3.05, 3.63) is 34.2 Å². The van der Waals surface area contributed by atoms with Crippen LogP contribution in [0.2, 0.25) is 5.02 Å². The Morgan fingerprint density at radius 2 is 2.00 bits per heavy atom. The molecule has 0 unspecified atom stereocenters. The Morgan fingerprint density at radius 1 is 1.35 bits per heavy atom. The van der Waals surface area contributed by atoms with Crippen molar-refractivity contribution in [1.82, 2.24) is 4.90 Å². The number of nitrogens with zero attached hydrogens (tertiary/aromatic N) is 1. The summed E-state index contributed by atoms with van der Waals surface area (Å²) in [6.45, 7) is 6.59. The average Bonchev–Trinajstić information content (AvgIpc) is 2.65. The van der Waals surface area contributed by atoms with Crippen LogP contribution in [0.25, 0.3) is 10.1 Å². The second kappa shape index (κ2) is 5.72. The van der Waals surface area contributed by atoms with Crippen LogP contribution < -0.4 is 0 Å². The SMILES string of the molecule is CC(C)(C)N(CC(=O)O)Cc1sc2ccccc2c1Cl. The van der Waals surface area contributed by atoms with Gasteiger partial charge in [-0.05, 0) is 26.8 Å². The van der Waals surface area contributed by atoms with Gasteiger partial charge in [0.25, 0.3) is 0 Å². The van der Waals surface area contributed by atoms with Crippen LogP contribution in [0.4, 0.5) is 0 Å². The van der Waals surface area contributed by atoms with Crippen molar-refractivity contribution >= 4 is 39.0 Å². The van der Waals surface area contributed by atoms with Crippen molar-refractivity contribution in [2.75, 3.05) is 6.54 Å². The topological polar surface area (TPSA) is 40.5 Å². The lowest BCUT2D eigenvalue weighted by Crippen LogP contribution is -2.43. The molecule has 3 nitrogen and oxygen atoms in total. The lowest BCUT2D eigenvalue weighted by molar-refractivity contribution is -0.139. The Hall–Kier alpha value is -1.10. The van der Waals surface area contributed by atoms with Gasteiger partial charge < -0.3 is 5.11 Å². The molecule has 0 amide bonds. The lowest BCUT2D eigenvalue weighted by atomic mass is 10.1. The van der Waals surface area contributed by atoms with E-state index in [2.05, 4.69) is 0 Å². The smallest absolute Gasteiger partial charge is 0.317 e. The fourth-order valence-electron chi connectivity index (χ4n) is 2.03. The molecule has 2 rings (SSSR count). The first-order valence-corrected chi connectivity index (χ1v) is 7.61. The van der Waals surface area contributed by atoms with Crippen LogP contribution in [0.3, 0.4) is 0 Å². The molecule has 0 atom stereocenters. The maximum atomic E-state index is 11.0. The molecule has 108 valence electrons. The summed E-state index contributed by atoms with van der Waals surface area (Å²) < 4.78 is 1.14. The lowest BCUT2D eigenvalue weighted by Gasteiger charge is -2.34. The minimum atomic E-state index is -0.822. The quantitative estimate of drug-likeness (QED) is 0.918. The summed E-state index contributed by atoms with van der Waals surface area (Å²) in [6, 6.07) is 7.98. The second-order valence-electron chi connectivity index (χ2n) is 5.76. The van der Waals surface area contributed by atoms with Crippen LogP contribution >= 0.6 is 22.9 Å². The van der Waals surface area contributed by atoms with Crippen molar-refractivity contribution in [3.8, 4) is 0 Å². The number of carbonyl (C=O) groups is 1. The number of benzene rings is 1. The maximum Gasteiger partial charge on any atom is 0.317 e. The van der Waals surface area contributed by atoms with Gasteiger partial charge in [-0.25, -0.2) is 0 Å². The summed E-state index contributed by atoms with van der Waals surface area (Å²) in [5.74, 6) is -0.822. The van der Waals surface area contributed by atoms with Crippen LogP contribution in [0.15, 0.2) is 24.3 Å². The highest BCUT2D eigenvalue weighted by Gasteiger charge is 2.25. The van der Waals surface area contributed by atoms with Crippen LogP contribution in [-0.4, -0.2) is 28.1 Å². The highest BCUT2D eigenvalue weighted by molar-refractivity contribution is 7.19. The number of aliphatic carboxylic acids is 1. The number of hydrogen-bond donors (Lipinski definition) is 1. The van der Waals surface area contributed by atoms with Gasteiger partial charge in [0, 0.05) is 27.0 Å². The van der Waals surface area contributed by atoms with E-state index in [-0.39, 0.29) is 12.1 Å². The first-order chi connectivity index (χ1) is 9.29. The molecule has 0 aliphatic carbocycles. The Morgan fingerprint density at radius 3 is 2.55 bits per heavy atom. The number of rotatable bonds is 4. The molecule has 0 spiro atoms. The zero-order valence-corrected chi connectivity index (χ0v) is 13.4. The molecule has 2 aromatic rings. The number of carboxylic acid groups (broad SMARTS) is 1. The van der Waals surface area contributed by atoms with Crippen molar-refractivity contribution in [2.24, 2.45) is 0 Å². The summed E-state index contributed by atoms with van der Waals surface area (Å²) in [6.07, 6.45) is 0. The third-order valence-corrected chi connectivity index (χ3v) is 4.91. The van der Waals surface area contributed by atoms with Gasteiger partial charge in [-0.3, -0.25) is 9.69 Å². The predicted octanol–water partition coefficient (Wildman–Crippen LogP) is 4.24. The van der Waals surface area contributed by atoms with Crippen molar-refractivity contribution < 1.29 is 9.90 Å². The van der Waals surface area contributed by atoms with E-state index in [1.807, 2.05) is 49.9 Å². The van der Waals surface area contributed by atoms with Crippen molar-refractivity contribution in [1.29, 1.82) is 0 Å². The molecule has 0 aliphatic rings. The molecule has 20 heavy (non-hydrogen) atoms. The summed E-state index contributed by atoms with van der Waals surface area (Å²) >= 11 is 8.05. The van der Waals surface area contributed by atoms with Gasteiger partial charge in [0.1, 0.15) is 0 Å². The van der Waals surface area contributed by atoms with E-state index in [9.17, 15) is 4.79 Å². The Kier molecular flexibility index (Phi) is 4.37. The highest BCUT2D eigenvalue weighted by atomic mass is 35.5. The van der Waals surface area contributed by atoms with Gasteiger partial charge in [-0.1, -0.05) is 29.8 Å². The predicted molar refractivity (Wildman–Crippen MR) is 84.6 cm³/mol. The van der Waals surface area contributed by atoms with Crippen LogP contribution in [0, 0.1) is 0 Å². The monoisotopic (exact) mass is 311 g/mol. The molecule has 0 fully saturated rings.